The van der Waals surface area contributed by atoms with E-state index in [1.165, 1.54) is 6.33 Å². The minimum absolute atomic E-state index is 0.278. The van der Waals surface area contributed by atoms with Gasteiger partial charge in [-0.1, -0.05) is 42.5 Å². The van der Waals surface area contributed by atoms with Crippen LogP contribution in [0.4, 0.5) is 4.39 Å². The second-order valence-electron chi connectivity index (χ2n) is 5.58. The fraction of sp³-hybridized carbons (Fsp3) is 0.105. The maximum atomic E-state index is 13.0. The van der Waals surface area contributed by atoms with Crippen molar-refractivity contribution < 1.29 is 4.39 Å². The zero-order valence-electron chi connectivity index (χ0n) is 13.5. The number of halogens is 1. The molecule has 0 aliphatic heterocycles. The van der Waals surface area contributed by atoms with Gasteiger partial charge in [0.15, 0.2) is 0 Å². The number of hydrogen-bond donors (Lipinski definition) is 0. The number of imidazole rings is 1. The van der Waals surface area contributed by atoms with Crippen molar-refractivity contribution in [2.24, 2.45) is 0 Å². The molecule has 2 aromatic carbocycles. The lowest BCUT2D eigenvalue weighted by atomic mass is 10.0. The highest BCUT2D eigenvalue weighted by atomic mass is 19.1. The highest BCUT2D eigenvalue weighted by Gasteiger charge is 2.15. The zero-order valence-corrected chi connectivity index (χ0v) is 13.5. The SMILES string of the molecule is FCCn1cnc(-c2ccccc2)c1-c1ccc(-n2cncn2)cc1. The van der Waals surface area contributed by atoms with Crippen molar-refractivity contribution in [1.29, 1.82) is 0 Å². The lowest BCUT2D eigenvalue weighted by Crippen LogP contribution is -2.01. The van der Waals surface area contributed by atoms with Crippen LogP contribution in [0.5, 0.6) is 0 Å². The van der Waals surface area contributed by atoms with Crippen molar-refractivity contribution in [2.45, 2.75) is 6.54 Å². The van der Waals surface area contributed by atoms with Crippen molar-refractivity contribution >= 4 is 0 Å². The van der Waals surface area contributed by atoms with Gasteiger partial charge in [-0.3, -0.25) is 0 Å². The van der Waals surface area contributed by atoms with E-state index < -0.39 is 6.67 Å². The summed E-state index contributed by atoms with van der Waals surface area (Å²) in [5.74, 6) is 0. The molecule has 0 aliphatic carbocycles. The first-order chi connectivity index (χ1) is 12.4. The molecule has 0 N–H and O–H groups in total. The van der Waals surface area contributed by atoms with Gasteiger partial charge in [0.1, 0.15) is 19.3 Å². The van der Waals surface area contributed by atoms with Crippen molar-refractivity contribution in [3.63, 3.8) is 0 Å². The number of alkyl halides is 1. The lowest BCUT2D eigenvalue weighted by Gasteiger charge is -2.10. The molecule has 0 bridgehead atoms. The molecular weight excluding hydrogens is 317 g/mol. The van der Waals surface area contributed by atoms with E-state index >= 15 is 0 Å². The van der Waals surface area contributed by atoms with E-state index in [1.807, 2.05) is 59.2 Å². The molecule has 2 heterocycles. The van der Waals surface area contributed by atoms with Crippen LogP contribution in [0.3, 0.4) is 0 Å². The van der Waals surface area contributed by atoms with Crippen molar-refractivity contribution in [1.82, 2.24) is 24.3 Å². The second kappa shape index (κ2) is 6.68. The van der Waals surface area contributed by atoms with Crippen molar-refractivity contribution in [3.8, 4) is 28.2 Å². The van der Waals surface area contributed by atoms with Crippen LogP contribution in [0.25, 0.3) is 28.2 Å². The van der Waals surface area contributed by atoms with Gasteiger partial charge in [0.25, 0.3) is 0 Å². The van der Waals surface area contributed by atoms with E-state index in [-0.39, 0.29) is 6.54 Å². The zero-order chi connectivity index (χ0) is 17.1. The molecule has 0 fully saturated rings. The largest absolute Gasteiger partial charge is 0.327 e. The average Bonchev–Trinajstić information content (AvgIpc) is 3.33. The quantitative estimate of drug-likeness (QED) is 0.559. The molecule has 0 unspecified atom stereocenters. The fourth-order valence-electron chi connectivity index (χ4n) is 2.87. The fourth-order valence-corrected chi connectivity index (χ4v) is 2.87. The summed E-state index contributed by atoms with van der Waals surface area (Å²) in [5.41, 5.74) is 4.67. The van der Waals surface area contributed by atoms with Crippen LogP contribution in [0.2, 0.25) is 0 Å². The molecule has 2 aromatic heterocycles. The molecular formula is C19H16FN5. The standard InChI is InChI=1S/C19H16FN5/c20-10-11-24-14-22-18(15-4-2-1-3-5-15)19(24)16-6-8-17(9-7-16)25-13-21-12-23-25/h1-9,12-14H,10-11H2. The monoisotopic (exact) mass is 333 g/mol. The Bertz CT molecular complexity index is 943. The molecule has 0 spiro atoms. The predicted molar refractivity (Wildman–Crippen MR) is 94.0 cm³/mol. The first kappa shape index (κ1) is 15.3. The van der Waals surface area contributed by atoms with E-state index in [4.69, 9.17) is 0 Å². The Balaban J connectivity index is 1.79. The molecule has 0 atom stereocenters. The summed E-state index contributed by atoms with van der Waals surface area (Å²) in [7, 11) is 0. The molecule has 0 radical (unpaired) electrons. The van der Waals surface area contributed by atoms with Crippen LogP contribution in [0, 0.1) is 0 Å². The van der Waals surface area contributed by atoms with Crippen LogP contribution in [0.1, 0.15) is 0 Å². The molecule has 4 aromatic rings. The summed E-state index contributed by atoms with van der Waals surface area (Å²) in [6.07, 6.45) is 4.85. The van der Waals surface area contributed by atoms with Gasteiger partial charge in [0.2, 0.25) is 0 Å². The minimum atomic E-state index is -0.436. The van der Waals surface area contributed by atoms with E-state index in [1.54, 1.807) is 17.3 Å². The van der Waals surface area contributed by atoms with Gasteiger partial charge >= 0.3 is 0 Å². The molecule has 0 aliphatic rings. The van der Waals surface area contributed by atoms with Gasteiger partial charge in [-0.2, -0.15) is 5.10 Å². The Kier molecular flexibility index (Phi) is 4.08. The number of nitrogens with zero attached hydrogens (tertiary/aromatic N) is 5. The van der Waals surface area contributed by atoms with Crippen LogP contribution in [-0.4, -0.2) is 31.0 Å². The van der Waals surface area contributed by atoms with Crippen LogP contribution in [0.15, 0.2) is 73.6 Å². The van der Waals surface area contributed by atoms with Gasteiger partial charge < -0.3 is 4.57 Å². The maximum absolute atomic E-state index is 13.0. The van der Waals surface area contributed by atoms with Gasteiger partial charge in [-0.05, 0) is 12.1 Å². The van der Waals surface area contributed by atoms with Crippen LogP contribution >= 0.6 is 0 Å². The molecule has 0 saturated carbocycles. The molecule has 25 heavy (non-hydrogen) atoms. The Morgan fingerprint density at radius 1 is 0.880 bits per heavy atom. The Morgan fingerprint density at radius 3 is 2.36 bits per heavy atom. The Morgan fingerprint density at radius 2 is 1.68 bits per heavy atom. The topological polar surface area (TPSA) is 48.5 Å². The molecule has 5 nitrogen and oxygen atoms in total. The summed E-state index contributed by atoms with van der Waals surface area (Å²) in [6, 6.07) is 17.9. The first-order valence-corrected chi connectivity index (χ1v) is 7.99. The molecule has 0 saturated heterocycles. The summed E-state index contributed by atoms with van der Waals surface area (Å²) in [5, 5.41) is 4.13. The van der Waals surface area contributed by atoms with Gasteiger partial charge in [-0.15, -0.1) is 0 Å². The smallest absolute Gasteiger partial charge is 0.138 e. The van der Waals surface area contributed by atoms with Gasteiger partial charge in [-0.25, -0.2) is 19.0 Å². The first-order valence-electron chi connectivity index (χ1n) is 7.99. The molecule has 124 valence electrons. The van der Waals surface area contributed by atoms with E-state index in [2.05, 4.69) is 15.1 Å². The second-order valence-corrected chi connectivity index (χ2v) is 5.58. The molecule has 4 rings (SSSR count). The van der Waals surface area contributed by atoms with E-state index in [9.17, 15) is 4.39 Å². The highest BCUT2D eigenvalue weighted by Crippen LogP contribution is 2.31. The minimum Gasteiger partial charge on any atom is -0.327 e. The summed E-state index contributed by atoms with van der Waals surface area (Å²) in [6.45, 7) is -0.158. The van der Waals surface area contributed by atoms with Crippen LogP contribution < -0.4 is 0 Å². The van der Waals surface area contributed by atoms with Crippen LogP contribution in [-0.2, 0) is 6.54 Å². The third-order valence-electron chi connectivity index (χ3n) is 4.03. The number of benzene rings is 2. The third-order valence-corrected chi connectivity index (χ3v) is 4.03. The number of aryl methyl sites for hydroxylation is 1. The van der Waals surface area contributed by atoms with E-state index in [0.717, 1.165) is 28.2 Å². The predicted octanol–water partition coefficient (Wildman–Crippen LogP) is 3.77. The summed E-state index contributed by atoms with van der Waals surface area (Å²) in [4.78, 5) is 8.48. The maximum Gasteiger partial charge on any atom is 0.138 e. The number of aromatic nitrogens is 5. The van der Waals surface area contributed by atoms with Gasteiger partial charge in [0, 0.05) is 11.1 Å². The summed E-state index contributed by atoms with van der Waals surface area (Å²) < 4.78 is 16.5. The third kappa shape index (κ3) is 2.94. The normalized spacial score (nSPS) is 10.9. The van der Waals surface area contributed by atoms with Crippen molar-refractivity contribution in [2.75, 3.05) is 6.67 Å². The Hall–Kier alpha value is -3.28. The number of rotatable bonds is 5. The summed E-state index contributed by atoms with van der Waals surface area (Å²) >= 11 is 0. The number of hydrogen-bond acceptors (Lipinski definition) is 3. The van der Waals surface area contributed by atoms with Crippen molar-refractivity contribution in [3.05, 3.63) is 73.6 Å². The molecule has 6 heteroatoms. The van der Waals surface area contributed by atoms with E-state index in [0.29, 0.717) is 0 Å². The Labute approximate surface area is 144 Å². The molecule has 0 amide bonds. The average molecular weight is 333 g/mol. The van der Waals surface area contributed by atoms with Gasteiger partial charge in [0.05, 0.1) is 29.9 Å². The highest BCUT2D eigenvalue weighted by molar-refractivity contribution is 5.78. The lowest BCUT2D eigenvalue weighted by molar-refractivity contribution is 0.447.